The molecule has 2 saturated heterocycles. The van der Waals surface area contributed by atoms with Crippen LogP contribution in [0.25, 0.3) is 0 Å². The van der Waals surface area contributed by atoms with Crippen LogP contribution >= 0.6 is 11.5 Å². The number of piperazine rings is 1. The fourth-order valence-corrected chi connectivity index (χ4v) is 3.24. The minimum absolute atomic E-state index is 0.0785. The van der Waals surface area contributed by atoms with Crippen LogP contribution in [0.1, 0.15) is 22.5 Å². The summed E-state index contributed by atoms with van der Waals surface area (Å²) in [5.74, 6) is -0.0409. The highest BCUT2D eigenvalue weighted by atomic mass is 32.1. The molecule has 2 amide bonds. The lowest BCUT2D eigenvalue weighted by atomic mass is 10.1. The second kappa shape index (κ2) is 5.84. The molecule has 1 atom stereocenters. The van der Waals surface area contributed by atoms with Crippen molar-refractivity contribution in [2.45, 2.75) is 18.9 Å². The van der Waals surface area contributed by atoms with Gasteiger partial charge >= 0.3 is 0 Å². The zero-order chi connectivity index (χ0) is 13.9. The van der Waals surface area contributed by atoms with Crippen molar-refractivity contribution in [3.8, 4) is 0 Å². The quantitative estimate of drug-likeness (QED) is 0.801. The molecule has 1 unspecified atom stereocenters. The summed E-state index contributed by atoms with van der Waals surface area (Å²) < 4.78 is 3.71. The van der Waals surface area contributed by atoms with Crippen molar-refractivity contribution < 1.29 is 9.59 Å². The molecule has 0 aromatic carbocycles. The Hall–Kier alpha value is -1.54. The monoisotopic (exact) mass is 295 g/mol. The number of likely N-dealkylation sites (tertiary alicyclic amines) is 1. The van der Waals surface area contributed by atoms with E-state index in [1.807, 2.05) is 4.90 Å². The van der Waals surface area contributed by atoms with Crippen LogP contribution in [0, 0.1) is 0 Å². The van der Waals surface area contributed by atoms with Crippen LogP contribution in [0.4, 0.5) is 0 Å². The van der Waals surface area contributed by atoms with Gasteiger partial charge < -0.3 is 15.1 Å². The van der Waals surface area contributed by atoms with Crippen molar-refractivity contribution in [1.29, 1.82) is 0 Å². The molecule has 20 heavy (non-hydrogen) atoms. The third-order valence-electron chi connectivity index (χ3n) is 3.80. The van der Waals surface area contributed by atoms with Crippen molar-refractivity contribution in [1.82, 2.24) is 24.7 Å². The number of nitrogens with zero attached hydrogens (tertiary/aromatic N) is 4. The molecule has 108 valence electrons. The van der Waals surface area contributed by atoms with Crippen molar-refractivity contribution in [3.63, 3.8) is 0 Å². The Balaban J connectivity index is 1.71. The van der Waals surface area contributed by atoms with E-state index >= 15 is 0 Å². The van der Waals surface area contributed by atoms with Gasteiger partial charge in [0.25, 0.3) is 5.91 Å². The Morgan fingerprint density at radius 2 is 2.10 bits per heavy atom. The van der Waals surface area contributed by atoms with Crippen LogP contribution < -0.4 is 5.32 Å². The first-order valence-electron chi connectivity index (χ1n) is 6.85. The van der Waals surface area contributed by atoms with Crippen LogP contribution in [0.15, 0.2) is 6.20 Å². The molecule has 2 fully saturated rings. The smallest absolute Gasteiger partial charge is 0.267 e. The first-order valence-corrected chi connectivity index (χ1v) is 7.62. The summed E-state index contributed by atoms with van der Waals surface area (Å²) in [6.45, 7) is 3.73. The second-order valence-electron chi connectivity index (χ2n) is 5.01. The zero-order valence-corrected chi connectivity index (χ0v) is 11.9. The lowest BCUT2D eigenvalue weighted by Crippen LogP contribution is -2.53. The molecule has 3 heterocycles. The fraction of sp³-hybridized carbons (Fsp3) is 0.667. The summed E-state index contributed by atoms with van der Waals surface area (Å²) in [5, 5.41) is 6.92. The van der Waals surface area contributed by atoms with Gasteiger partial charge in [0.15, 0.2) is 0 Å². The Kier molecular flexibility index (Phi) is 3.93. The molecule has 8 heteroatoms. The first kappa shape index (κ1) is 13.4. The van der Waals surface area contributed by atoms with E-state index in [1.54, 1.807) is 4.90 Å². The van der Waals surface area contributed by atoms with Gasteiger partial charge in [-0.3, -0.25) is 9.59 Å². The minimum atomic E-state index is -0.317. The largest absolute Gasteiger partial charge is 0.338 e. The number of carbonyl (C=O) groups excluding carboxylic acids is 2. The molecule has 7 nitrogen and oxygen atoms in total. The van der Waals surface area contributed by atoms with Gasteiger partial charge in [-0.1, -0.05) is 4.49 Å². The highest BCUT2D eigenvalue weighted by Gasteiger charge is 2.37. The number of amides is 2. The third kappa shape index (κ3) is 2.53. The number of hydrogen-bond donors (Lipinski definition) is 1. The number of rotatable bonds is 2. The van der Waals surface area contributed by atoms with Gasteiger partial charge in [0.2, 0.25) is 5.91 Å². The summed E-state index contributed by atoms with van der Waals surface area (Å²) in [7, 11) is 0. The maximum Gasteiger partial charge on any atom is 0.267 e. The Morgan fingerprint density at radius 3 is 2.80 bits per heavy atom. The van der Waals surface area contributed by atoms with Gasteiger partial charge in [-0.2, -0.15) is 0 Å². The van der Waals surface area contributed by atoms with Gasteiger partial charge in [-0.05, 0) is 24.4 Å². The van der Waals surface area contributed by atoms with E-state index in [-0.39, 0.29) is 17.9 Å². The molecule has 0 radical (unpaired) electrons. The fourth-order valence-electron chi connectivity index (χ4n) is 2.77. The summed E-state index contributed by atoms with van der Waals surface area (Å²) >= 11 is 1.08. The molecule has 2 aliphatic heterocycles. The van der Waals surface area contributed by atoms with Crippen molar-refractivity contribution in [3.05, 3.63) is 11.1 Å². The number of aromatic nitrogens is 2. The molecule has 2 aliphatic rings. The molecule has 1 aromatic rings. The van der Waals surface area contributed by atoms with Crippen LogP contribution in [-0.2, 0) is 4.79 Å². The van der Waals surface area contributed by atoms with Crippen molar-refractivity contribution in [2.75, 3.05) is 32.7 Å². The summed E-state index contributed by atoms with van der Waals surface area (Å²) in [5.41, 5.74) is 0. The topological polar surface area (TPSA) is 78.4 Å². The molecule has 0 bridgehead atoms. The van der Waals surface area contributed by atoms with Gasteiger partial charge in [0.05, 0.1) is 6.20 Å². The SMILES string of the molecule is O=C(C1CCCN1C(=O)c1cnns1)N1CCNCC1. The number of carbonyl (C=O) groups is 2. The van der Waals surface area contributed by atoms with E-state index in [4.69, 9.17) is 0 Å². The first-order chi connectivity index (χ1) is 9.77. The van der Waals surface area contributed by atoms with Crippen LogP contribution in [0.2, 0.25) is 0 Å². The highest BCUT2D eigenvalue weighted by molar-refractivity contribution is 7.07. The van der Waals surface area contributed by atoms with Crippen LogP contribution in [0.5, 0.6) is 0 Å². The van der Waals surface area contributed by atoms with Gasteiger partial charge in [-0.15, -0.1) is 5.10 Å². The van der Waals surface area contributed by atoms with E-state index in [9.17, 15) is 9.59 Å². The van der Waals surface area contributed by atoms with Crippen molar-refractivity contribution in [2.24, 2.45) is 0 Å². The Labute approximate surface area is 121 Å². The van der Waals surface area contributed by atoms with E-state index in [0.717, 1.165) is 50.6 Å². The molecule has 0 saturated carbocycles. The molecule has 1 N–H and O–H groups in total. The Bertz CT molecular complexity index is 486. The molecular weight excluding hydrogens is 278 g/mol. The second-order valence-corrected chi connectivity index (χ2v) is 5.80. The molecular formula is C12H17N5O2S. The minimum Gasteiger partial charge on any atom is -0.338 e. The van der Waals surface area contributed by atoms with E-state index in [2.05, 4.69) is 14.9 Å². The molecule has 0 spiro atoms. The standard InChI is InChI=1S/C12H17N5O2S/c18-11(16-6-3-13-4-7-16)9-2-1-5-17(9)12(19)10-8-14-15-20-10/h8-9,13H,1-7H2. The van der Waals surface area contributed by atoms with Gasteiger partial charge in [-0.25, -0.2) is 0 Å². The third-order valence-corrected chi connectivity index (χ3v) is 4.45. The van der Waals surface area contributed by atoms with Gasteiger partial charge in [0, 0.05) is 32.7 Å². The molecule has 1 aromatic heterocycles. The molecule has 0 aliphatic carbocycles. The highest BCUT2D eigenvalue weighted by Crippen LogP contribution is 2.22. The predicted octanol–water partition coefficient (Wildman–Crippen LogP) is -0.425. The maximum atomic E-state index is 12.6. The van der Waals surface area contributed by atoms with Crippen LogP contribution in [-0.4, -0.2) is 70.0 Å². The van der Waals surface area contributed by atoms with Gasteiger partial charge in [0.1, 0.15) is 10.9 Å². The predicted molar refractivity (Wildman–Crippen MR) is 73.4 cm³/mol. The average Bonchev–Trinajstić information content (AvgIpc) is 3.18. The van der Waals surface area contributed by atoms with E-state index in [0.29, 0.717) is 11.4 Å². The number of hydrogen-bond acceptors (Lipinski definition) is 6. The lowest BCUT2D eigenvalue weighted by molar-refractivity contribution is -0.135. The normalized spacial score (nSPS) is 23.1. The van der Waals surface area contributed by atoms with Crippen LogP contribution in [0.3, 0.4) is 0 Å². The average molecular weight is 295 g/mol. The summed E-state index contributed by atoms with van der Waals surface area (Å²) in [6, 6.07) is -0.317. The summed E-state index contributed by atoms with van der Waals surface area (Å²) in [6.07, 6.45) is 3.10. The lowest BCUT2D eigenvalue weighted by Gasteiger charge is -2.32. The van der Waals surface area contributed by atoms with Crippen molar-refractivity contribution >= 4 is 23.3 Å². The van der Waals surface area contributed by atoms with E-state index < -0.39 is 0 Å². The van der Waals surface area contributed by atoms with E-state index in [1.165, 1.54) is 6.20 Å². The molecule has 3 rings (SSSR count). The maximum absolute atomic E-state index is 12.6. The zero-order valence-electron chi connectivity index (χ0n) is 11.1. The Morgan fingerprint density at radius 1 is 1.30 bits per heavy atom. The summed E-state index contributed by atoms with van der Waals surface area (Å²) in [4.78, 5) is 29.0. The number of nitrogens with one attached hydrogen (secondary N) is 1.